The van der Waals surface area contributed by atoms with Crippen LogP contribution < -0.4 is 5.73 Å². The largest absolute Gasteiger partial charge is 0.377 e. The minimum atomic E-state index is 0.421. The summed E-state index contributed by atoms with van der Waals surface area (Å²) in [4.78, 5) is 2.64. The Kier molecular flexibility index (Phi) is 5.93. The van der Waals surface area contributed by atoms with Crippen LogP contribution in [0.25, 0.3) is 0 Å². The van der Waals surface area contributed by atoms with Gasteiger partial charge in [-0.05, 0) is 31.6 Å². The summed E-state index contributed by atoms with van der Waals surface area (Å²) in [6.45, 7) is 6.24. The molecule has 0 aromatic heterocycles. The van der Waals surface area contributed by atoms with Crippen LogP contribution in [0.2, 0.25) is 0 Å². The van der Waals surface area contributed by atoms with E-state index in [0.717, 1.165) is 32.0 Å². The maximum Gasteiger partial charge on any atom is 0.0699 e. The van der Waals surface area contributed by atoms with Gasteiger partial charge in [0.15, 0.2) is 0 Å². The normalized spacial score (nSPS) is 30.0. The molecule has 2 fully saturated rings. The summed E-state index contributed by atoms with van der Waals surface area (Å²) in [6.07, 6.45) is 9.72. The molecule has 1 aliphatic heterocycles. The van der Waals surface area contributed by atoms with Crippen LogP contribution in [0.4, 0.5) is 0 Å². The van der Waals surface area contributed by atoms with Crippen LogP contribution in [0, 0.1) is 5.92 Å². The first kappa shape index (κ1) is 14.3. The molecule has 3 nitrogen and oxygen atoms in total. The summed E-state index contributed by atoms with van der Waals surface area (Å²) in [7, 11) is 0. The van der Waals surface area contributed by atoms with Crippen molar-refractivity contribution in [3.8, 4) is 0 Å². The fourth-order valence-corrected chi connectivity index (χ4v) is 3.63. The second kappa shape index (κ2) is 7.46. The van der Waals surface area contributed by atoms with Crippen molar-refractivity contribution < 1.29 is 4.74 Å². The Labute approximate surface area is 112 Å². The zero-order valence-electron chi connectivity index (χ0n) is 11.9. The molecule has 2 N–H and O–H groups in total. The summed E-state index contributed by atoms with van der Waals surface area (Å²) >= 11 is 0. The molecular weight excluding hydrogens is 224 g/mol. The fourth-order valence-electron chi connectivity index (χ4n) is 3.63. The van der Waals surface area contributed by atoms with Gasteiger partial charge < -0.3 is 10.5 Å². The Balaban J connectivity index is 1.95. The molecule has 3 heteroatoms. The Hall–Kier alpha value is -0.120. The lowest BCUT2D eigenvalue weighted by molar-refractivity contribution is 0.0370. The number of nitrogens with two attached hydrogens (primary N) is 1. The molecule has 2 atom stereocenters. The summed E-state index contributed by atoms with van der Waals surface area (Å²) in [6, 6.07) is 0.598. The summed E-state index contributed by atoms with van der Waals surface area (Å²) < 4.78 is 5.88. The third kappa shape index (κ3) is 3.69. The topological polar surface area (TPSA) is 38.5 Å². The van der Waals surface area contributed by atoms with Crippen LogP contribution in [0.5, 0.6) is 0 Å². The number of hydrogen-bond donors (Lipinski definition) is 1. The van der Waals surface area contributed by atoms with E-state index in [1.54, 1.807) is 0 Å². The van der Waals surface area contributed by atoms with E-state index in [9.17, 15) is 0 Å². The second-order valence-electron chi connectivity index (χ2n) is 5.95. The highest BCUT2D eigenvalue weighted by Crippen LogP contribution is 2.29. The second-order valence-corrected chi connectivity index (χ2v) is 5.95. The maximum absolute atomic E-state index is 6.09. The number of ether oxygens (including phenoxy) is 1. The van der Waals surface area contributed by atoms with Gasteiger partial charge in [-0.3, -0.25) is 4.90 Å². The van der Waals surface area contributed by atoms with E-state index in [4.69, 9.17) is 10.5 Å². The van der Waals surface area contributed by atoms with Crippen molar-refractivity contribution in [1.82, 2.24) is 4.90 Å². The van der Waals surface area contributed by atoms with Gasteiger partial charge in [-0.1, -0.05) is 26.2 Å². The van der Waals surface area contributed by atoms with Gasteiger partial charge in [0.25, 0.3) is 0 Å². The Bertz CT molecular complexity index is 229. The molecule has 0 amide bonds. The average molecular weight is 254 g/mol. The van der Waals surface area contributed by atoms with Crippen LogP contribution in [-0.4, -0.2) is 43.3 Å². The molecule has 1 heterocycles. The van der Waals surface area contributed by atoms with Gasteiger partial charge in [0.2, 0.25) is 0 Å². The predicted octanol–water partition coefficient (Wildman–Crippen LogP) is 2.39. The highest BCUT2D eigenvalue weighted by atomic mass is 16.5. The third-order valence-electron chi connectivity index (χ3n) is 4.74. The lowest BCUT2D eigenvalue weighted by Crippen LogP contribution is -2.48. The molecule has 106 valence electrons. The summed E-state index contributed by atoms with van der Waals surface area (Å²) in [5.41, 5.74) is 6.09. The minimum Gasteiger partial charge on any atom is -0.377 e. The molecule has 18 heavy (non-hydrogen) atoms. The maximum atomic E-state index is 6.09. The van der Waals surface area contributed by atoms with E-state index in [2.05, 4.69) is 11.8 Å². The number of rotatable bonds is 4. The van der Waals surface area contributed by atoms with Crippen molar-refractivity contribution in [2.24, 2.45) is 11.7 Å². The van der Waals surface area contributed by atoms with Gasteiger partial charge in [0.05, 0.1) is 6.10 Å². The monoisotopic (exact) mass is 254 g/mol. The quantitative estimate of drug-likeness (QED) is 0.837. The molecule has 2 unspecified atom stereocenters. The Morgan fingerprint density at radius 2 is 2.00 bits per heavy atom. The average Bonchev–Trinajstić information content (AvgIpc) is 2.66. The van der Waals surface area contributed by atoms with E-state index in [0.29, 0.717) is 12.1 Å². The molecule has 0 radical (unpaired) electrons. The van der Waals surface area contributed by atoms with Crippen molar-refractivity contribution in [3.63, 3.8) is 0 Å². The van der Waals surface area contributed by atoms with Gasteiger partial charge in [-0.15, -0.1) is 0 Å². The molecular formula is C15H30N2O. The van der Waals surface area contributed by atoms with Crippen LogP contribution in [-0.2, 0) is 4.74 Å². The first-order valence-corrected chi connectivity index (χ1v) is 7.90. The molecule has 1 saturated carbocycles. The lowest BCUT2D eigenvalue weighted by atomic mass is 9.83. The zero-order valence-corrected chi connectivity index (χ0v) is 11.9. The van der Waals surface area contributed by atoms with Gasteiger partial charge >= 0.3 is 0 Å². The first-order valence-electron chi connectivity index (χ1n) is 7.90. The molecule has 0 aromatic carbocycles. The first-order chi connectivity index (χ1) is 8.85. The van der Waals surface area contributed by atoms with E-state index >= 15 is 0 Å². The van der Waals surface area contributed by atoms with Crippen molar-refractivity contribution in [2.45, 2.75) is 64.0 Å². The Morgan fingerprint density at radius 1 is 1.22 bits per heavy atom. The predicted molar refractivity (Wildman–Crippen MR) is 75.6 cm³/mol. The standard InChI is InChI=1S/C15H30N2O/c1-2-14-12-17(9-6-10-18-14)15(11-16)13-7-4-3-5-8-13/h13-15H,2-12,16H2,1H3. The van der Waals surface area contributed by atoms with Crippen molar-refractivity contribution in [2.75, 3.05) is 26.2 Å². The van der Waals surface area contributed by atoms with Crippen molar-refractivity contribution >= 4 is 0 Å². The minimum absolute atomic E-state index is 0.421. The van der Waals surface area contributed by atoms with Crippen LogP contribution in [0.15, 0.2) is 0 Å². The highest BCUT2D eigenvalue weighted by molar-refractivity contribution is 4.85. The number of hydrogen-bond acceptors (Lipinski definition) is 3. The smallest absolute Gasteiger partial charge is 0.0699 e. The lowest BCUT2D eigenvalue weighted by Gasteiger charge is -2.38. The van der Waals surface area contributed by atoms with Gasteiger partial charge in [0.1, 0.15) is 0 Å². The van der Waals surface area contributed by atoms with Crippen molar-refractivity contribution in [3.05, 3.63) is 0 Å². The highest BCUT2D eigenvalue weighted by Gasteiger charge is 2.30. The molecule has 1 aliphatic carbocycles. The molecule has 0 aromatic rings. The van der Waals surface area contributed by atoms with Crippen molar-refractivity contribution in [1.29, 1.82) is 0 Å². The van der Waals surface area contributed by atoms with Gasteiger partial charge in [0, 0.05) is 32.3 Å². The SMILES string of the molecule is CCC1CN(C(CN)C2CCCCC2)CCCO1. The third-order valence-corrected chi connectivity index (χ3v) is 4.74. The van der Waals surface area contributed by atoms with E-state index in [1.807, 2.05) is 0 Å². The summed E-state index contributed by atoms with van der Waals surface area (Å²) in [5.74, 6) is 0.833. The van der Waals surface area contributed by atoms with Crippen LogP contribution in [0.1, 0.15) is 51.9 Å². The van der Waals surface area contributed by atoms with Crippen LogP contribution in [0.3, 0.4) is 0 Å². The molecule has 1 saturated heterocycles. The molecule has 2 aliphatic rings. The zero-order chi connectivity index (χ0) is 12.8. The van der Waals surface area contributed by atoms with E-state index in [1.165, 1.54) is 45.1 Å². The molecule has 0 bridgehead atoms. The molecule has 2 rings (SSSR count). The van der Waals surface area contributed by atoms with E-state index in [-0.39, 0.29) is 0 Å². The van der Waals surface area contributed by atoms with E-state index < -0.39 is 0 Å². The fraction of sp³-hybridized carbons (Fsp3) is 1.00. The van der Waals surface area contributed by atoms with Gasteiger partial charge in [-0.2, -0.15) is 0 Å². The summed E-state index contributed by atoms with van der Waals surface area (Å²) in [5, 5.41) is 0. The number of nitrogens with zero attached hydrogens (tertiary/aromatic N) is 1. The van der Waals surface area contributed by atoms with Gasteiger partial charge in [-0.25, -0.2) is 0 Å². The molecule has 0 spiro atoms. The Morgan fingerprint density at radius 3 is 2.67 bits per heavy atom. The van der Waals surface area contributed by atoms with Crippen LogP contribution >= 0.6 is 0 Å².